The number of aromatic nitrogens is 2. The highest BCUT2D eigenvalue weighted by Gasteiger charge is 2.09. The largest absolute Gasteiger partial charge is 0.496 e. The molecule has 4 nitrogen and oxygen atoms in total. The Balaban J connectivity index is 2.13. The van der Waals surface area contributed by atoms with Crippen molar-refractivity contribution < 1.29 is 9.26 Å². The van der Waals surface area contributed by atoms with Gasteiger partial charge in [-0.25, -0.2) is 0 Å². The van der Waals surface area contributed by atoms with E-state index >= 15 is 0 Å². The van der Waals surface area contributed by atoms with Gasteiger partial charge < -0.3 is 9.26 Å². The lowest BCUT2D eigenvalue weighted by Gasteiger charge is -2.04. The maximum Gasteiger partial charge on any atom is 0.227 e. The Bertz CT molecular complexity index is 485. The van der Waals surface area contributed by atoms with Gasteiger partial charge in [-0.2, -0.15) is 4.98 Å². The molecule has 0 fully saturated rings. The Labute approximate surface area is 105 Å². The van der Waals surface area contributed by atoms with E-state index in [0.717, 1.165) is 11.3 Å². The highest BCUT2D eigenvalue weighted by Crippen LogP contribution is 2.19. The van der Waals surface area contributed by atoms with Gasteiger partial charge >= 0.3 is 0 Å². The fourth-order valence-electron chi connectivity index (χ4n) is 1.56. The van der Waals surface area contributed by atoms with Crippen LogP contribution in [0.4, 0.5) is 0 Å². The zero-order chi connectivity index (χ0) is 12.1. The summed E-state index contributed by atoms with van der Waals surface area (Å²) in [6.07, 6.45) is 1.19. The molecular formula is C12H13ClN2O2. The predicted molar refractivity (Wildman–Crippen MR) is 64.5 cm³/mol. The van der Waals surface area contributed by atoms with Gasteiger partial charge in [0.15, 0.2) is 5.82 Å². The van der Waals surface area contributed by atoms with Crippen LogP contribution in [0, 0.1) is 0 Å². The van der Waals surface area contributed by atoms with Gasteiger partial charge in [0.25, 0.3) is 0 Å². The molecule has 17 heavy (non-hydrogen) atoms. The van der Waals surface area contributed by atoms with Crippen LogP contribution in [0.3, 0.4) is 0 Å². The minimum atomic E-state index is 0.482. The minimum absolute atomic E-state index is 0.482. The van der Waals surface area contributed by atoms with E-state index in [-0.39, 0.29) is 0 Å². The third-order valence-electron chi connectivity index (χ3n) is 2.36. The fourth-order valence-corrected chi connectivity index (χ4v) is 1.73. The van der Waals surface area contributed by atoms with Crippen LogP contribution in [0.25, 0.3) is 0 Å². The Morgan fingerprint density at radius 1 is 1.35 bits per heavy atom. The minimum Gasteiger partial charge on any atom is -0.496 e. The van der Waals surface area contributed by atoms with Gasteiger partial charge in [-0.05, 0) is 6.07 Å². The Morgan fingerprint density at radius 2 is 2.18 bits per heavy atom. The molecule has 0 N–H and O–H groups in total. The molecule has 1 aromatic heterocycles. The lowest BCUT2D eigenvalue weighted by Crippen LogP contribution is -1.95. The number of benzene rings is 1. The van der Waals surface area contributed by atoms with Crippen LogP contribution in [-0.4, -0.2) is 23.1 Å². The molecule has 0 bridgehead atoms. The fraction of sp³-hybridized carbons (Fsp3) is 0.333. The molecule has 0 aliphatic heterocycles. The van der Waals surface area contributed by atoms with E-state index in [4.69, 9.17) is 20.9 Å². The van der Waals surface area contributed by atoms with Crippen molar-refractivity contribution in [2.24, 2.45) is 0 Å². The van der Waals surface area contributed by atoms with Gasteiger partial charge in [0.05, 0.1) is 7.11 Å². The summed E-state index contributed by atoms with van der Waals surface area (Å²) in [5.74, 6) is 2.53. The van der Waals surface area contributed by atoms with E-state index < -0.39 is 0 Å². The van der Waals surface area contributed by atoms with Crippen molar-refractivity contribution in [2.45, 2.75) is 12.8 Å². The molecule has 0 saturated carbocycles. The van der Waals surface area contributed by atoms with Crippen molar-refractivity contribution in [2.75, 3.05) is 13.0 Å². The molecule has 0 amide bonds. The molecule has 2 rings (SSSR count). The second-order valence-corrected chi connectivity index (χ2v) is 3.91. The molecule has 0 unspecified atom stereocenters. The summed E-state index contributed by atoms with van der Waals surface area (Å²) in [7, 11) is 1.65. The monoisotopic (exact) mass is 252 g/mol. The van der Waals surface area contributed by atoms with Gasteiger partial charge in [-0.3, -0.25) is 0 Å². The molecule has 0 spiro atoms. The van der Waals surface area contributed by atoms with Crippen molar-refractivity contribution >= 4 is 11.6 Å². The van der Waals surface area contributed by atoms with E-state index in [9.17, 15) is 0 Å². The van der Waals surface area contributed by atoms with E-state index in [1.165, 1.54) is 0 Å². The van der Waals surface area contributed by atoms with Crippen LogP contribution in [0.1, 0.15) is 17.3 Å². The number of rotatable bonds is 5. The molecule has 0 atom stereocenters. The van der Waals surface area contributed by atoms with Crippen molar-refractivity contribution in [1.29, 1.82) is 0 Å². The van der Waals surface area contributed by atoms with Gasteiger partial charge in [-0.1, -0.05) is 23.4 Å². The van der Waals surface area contributed by atoms with Crippen molar-refractivity contribution in [1.82, 2.24) is 10.1 Å². The third-order valence-corrected chi connectivity index (χ3v) is 2.55. The number of alkyl halides is 1. The highest BCUT2D eigenvalue weighted by atomic mass is 35.5. The topological polar surface area (TPSA) is 48.2 Å². The number of aryl methyl sites for hydroxylation is 1. The van der Waals surface area contributed by atoms with Crippen LogP contribution < -0.4 is 4.74 Å². The van der Waals surface area contributed by atoms with E-state index in [0.29, 0.717) is 30.4 Å². The summed E-state index contributed by atoms with van der Waals surface area (Å²) in [4.78, 5) is 4.25. The van der Waals surface area contributed by atoms with Crippen LogP contribution in [0.15, 0.2) is 28.8 Å². The summed E-state index contributed by atoms with van der Waals surface area (Å²) in [5, 5.41) is 3.91. The van der Waals surface area contributed by atoms with E-state index in [1.54, 1.807) is 7.11 Å². The van der Waals surface area contributed by atoms with Crippen molar-refractivity contribution in [3.8, 4) is 5.75 Å². The smallest absolute Gasteiger partial charge is 0.227 e. The van der Waals surface area contributed by atoms with E-state index in [1.807, 2.05) is 24.3 Å². The lowest BCUT2D eigenvalue weighted by molar-refractivity contribution is 0.377. The third kappa shape index (κ3) is 2.97. The predicted octanol–water partition coefficient (Wildman–Crippen LogP) is 2.45. The summed E-state index contributed by atoms with van der Waals surface area (Å²) in [6, 6.07) is 7.78. The van der Waals surface area contributed by atoms with Crippen LogP contribution in [-0.2, 0) is 12.8 Å². The summed E-state index contributed by atoms with van der Waals surface area (Å²) < 4.78 is 10.3. The zero-order valence-electron chi connectivity index (χ0n) is 9.52. The van der Waals surface area contributed by atoms with E-state index in [2.05, 4.69) is 10.1 Å². The second kappa shape index (κ2) is 5.68. The molecule has 2 aromatic rings. The van der Waals surface area contributed by atoms with Crippen LogP contribution in [0.5, 0.6) is 5.75 Å². The highest BCUT2D eigenvalue weighted by molar-refractivity contribution is 6.17. The molecule has 90 valence electrons. The van der Waals surface area contributed by atoms with Crippen LogP contribution in [0.2, 0.25) is 0 Å². The van der Waals surface area contributed by atoms with Gasteiger partial charge in [0.2, 0.25) is 5.89 Å². The number of ether oxygens (including phenoxy) is 1. The Kier molecular flexibility index (Phi) is 3.98. The second-order valence-electron chi connectivity index (χ2n) is 3.53. The molecule has 1 aromatic carbocycles. The number of para-hydroxylation sites is 1. The first-order valence-electron chi connectivity index (χ1n) is 5.33. The first-order chi connectivity index (χ1) is 8.33. The summed E-state index contributed by atoms with van der Waals surface area (Å²) in [6.45, 7) is 0. The number of halogens is 1. The molecular weight excluding hydrogens is 240 g/mol. The molecule has 0 radical (unpaired) electrons. The summed E-state index contributed by atoms with van der Waals surface area (Å²) in [5.41, 5.74) is 1.04. The average Bonchev–Trinajstić information content (AvgIpc) is 2.78. The SMILES string of the molecule is COc1ccccc1Cc1noc(CCCl)n1. The average molecular weight is 253 g/mol. The maximum absolute atomic E-state index is 5.61. The summed E-state index contributed by atoms with van der Waals surface area (Å²) >= 11 is 5.61. The molecule has 0 aliphatic rings. The lowest BCUT2D eigenvalue weighted by atomic mass is 10.1. The number of methoxy groups -OCH3 is 1. The van der Waals surface area contributed by atoms with Crippen molar-refractivity contribution in [3.05, 3.63) is 41.5 Å². The maximum atomic E-state index is 5.61. The Morgan fingerprint density at radius 3 is 2.94 bits per heavy atom. The number of nitrogens with zero attached hydrogens (tertiary/aromatic N) is 2. The normalized spacial score (nSPS) is 10.5. The first-order valence-corrected chi connectivity index (χ1v) is 5.86. The van der Waals surface area contributed by atoms with Crippen molar-refractivity contribution in [3.63, 3.8) is 0 Å². The molecule has 0 aliphatic carbocycles. The quantitative estimate of drug-likeness (QED) is 0.767. The molecule has 0 saturated heterocycles. The van der Waals surface area contributed by atoms with Gasteiger partial charge in [0, 0.05) is 24.3 Å². The molecule has 5 heteroatoms. The number of hydrogen-bond acceptors (Lipinski definition) is 4. The van der Waals surface area contributed by atoms with Crippen LogP contribution >= 0.6 is 11.6 Å². The zero-order valence-corrected chi connectivity index (χ0v) is 10.3. The standard InChI is InChI=1S/C12H13ClN2O2/c1-16-10-5-3-2-4-9(10)8-11-14-12(6-7-13)17-15-11/h2-5H,6-8H2,1H3. The molecule has 1 heterocycles. The van der Waals surface area contributed by atoms with Gasteiger partial charge in [0.1, 0.15) is 5.75 Å². The van der Waals surface area contributed by atoms with Gasteiger partial charge in [-0.15, -0.1) is 11.6 Å². The first kappa shape index (κ1) is 11.9. The number of hydrogen-bond donors (Lipinski definition) is 0. The Hall–Kier alpha value is -1.55.